The summed E-state index contributed by atoms with van der Waals surface area (Å²) >= 11 is 0. The van der Waals surface area contributed by atoms with Gasteiger partial charge >= 0.3 is 0 Å². The van der Waals surface area contributed by atoms with Crippen LogP contribution in [0.15, 0.2) is 352 Å². The summed E-state index contributed by atoms with van der Waals surface area (Å²) in [4.78, 5) is 36.2. The van der Waals surface area contributed by atoms with Gasteiger partial charge in [-0.3, -0.25) is 0 Å². The molecule has 19 aromatic rings. The molecule has 4 aromatic heterocycles. The molecule has 0 fully saturated rings. The molecule has 0 amide bonds. The second-order valence-corrected chi connectivity index (χ2v) is 27.8. The van der Waals surface area contributed by atoms with Gasteiger partial charge in [0.2, 0.25) is 0 Å². The van der Waals surface area contributed by atoms with Crippen LogP contribution in [-0.4, -0.2) is 39.0 Å². The first-order chi connectivity index (χ1) is 55.8. The SMILES string of the molecule is [C-]#[N+]c1ccc(-c2ccc3c(c2)c2cc(-c4ccc(C#N)cc4)ccc2n3-c2cccc(-c3nc(Cc4ccccc4)nc(-c4ccccc4)n3)c2-c2cccc(-c3c(-c4nc(-c5ccccc5)nc(-c5ccccc5)n4)cccc3-n3c4ccc(-c5ccc(C#N)cc5)cc4c4cc(-c5ccc(C#N)cc5)ccc43)c2)cc1. The van der Waals surface area contributed by atoms with Gasteiger partial charge in [-0.2, -0.15) is 15.8 Å². The Bertz CT molecular complexity index is 6840. The maximum absolute atomic E-state index is 9.90. The van der Waals surface area contributed by atoms with Crippen molar-refractivity contribution in [2.75, 3.05) is 0 Å². The van der Waals surface area contributed by atoms with E-state index in [9.17, 15) is 15.8 Å². The van der Waals surface area contributed by atoms with Gasteiger partial charge in [-0.05, 0) is 164 Å². The normalized spacial score (nSPS) is 11.2. The zero-order valence-electron chi connectivity index (χ0n) is 60.6. The summed E-state index contributed by atoms with van der Waals surface area (Å²) in [6.45, 7) is 7.78. The van der Waals surface area contributed by atoms with Crippen molar-refractivity contribution >= 4 is 49.3 Å². The Labute approximate surface area is 651 Å². The van der Waals surface area contributed by atoms with E-state index >= 15 is 0 Å². The number of hydrogen-bond donors (Lipinski definition) is 0. The van der Waals surface area contributed by atoms with Gasteiger partial charge in [0.1, 0.15) is 5.82 Å². The van der Waals surface area contributed by atoms with E-state index in [0.717, 1.165) is 155 Å². The van der Waals surface area contributed by atoms with E-state index in [2.05, 4.69) is 178 Å². The van der Waals surface area contributed by atoms with Crippen LogP contribution in [0, 0.1) is 40.6 Å². The minimum atomic E-state index is 0.447. The fourth-order valence-corrected chi connectivity index (χ4v) is 15.5. The van der Waals surface area contributed by atoms with Crippen molar-refractivity contribution in [1.82, 2.24) is 39.0 Å². The molecule has 0 unspecified atom stereocenters. The molecule has 0 saturated heterocycles. The van der Waals surface area contributed by atoms with E-state index in [0.29, 0.717) is 63.7 Å². The van der Waals surface area contributed by atoms with E-state index in [1.807, 2.05) is 206 Å². The maximum Gasteiger partial charge on any atom is 0.187 e. The van der Waals surface area contributed by atoms with Crippen LogP contribution in [0.25, 0.3) is 184 Å². The van der Waals surface area contributed by atoms with Gasteiger partial charge in [-0.15, -0.1) is 0 Å². The van der Waals surface area contributed by atoms with Crippen LogP contribution in [0.3, 0.4) is 0 Å². The van der Waals surface area contributed by atoms with Gasteiger partial charge in [0.05, 0.1) is 74.9 Å². The van der Waals surface area contributed by atoms with Gasteiger partial charge < -0.3 is 9.13 Å². The van der Waals surface area contributed by atoms with E-state index in [1.165, 1.54) is 0 Å². The number of hydrogen-bond acceptors (Lipinski definition) is 9. The summed E-state index contributed by atoms with van der Waals surface area (Å²) < 4.78 is 4.73. The lowest BCUT2D eigenvalue weighted by atomic mass is 9.91. The second kappa shape index (κ2) is 28.9. The molecule has 113 heavy (non-hydrogen) atoms. The Hall–Kier alpha value is -16.1. The van der Waals surface area contributed by atoms with E-state index in [-0.39, 0.29) is 0 Å². The number of nitriles is 3. The van der Waals surface area contributed by atoms with Crippen molar-refractivity contribution in [3.05, 3.63) is 391 Å². The number of aromatic nitrogens is 8. The van der Waals surface area contributed by atoms with Gasteiger partial charge in [0.25, 0.3) is 0 Å². The summed E-state index contributed by atoms with van der Waals surface area (Å²) in [7, 11) is 0. The zero-order chi connectivity index (χ0) is 75.9. The van der Waals surface area contributed by atoms with Crippen molar-refractivity contribution in [2.45, 2.75) is 6.42 Å². The molecule has 0 bridgehead atoms. The highest BCUT2D eigenvalue weighted by atomic mass is 15.1. The number of fused-ring (bicyclic) bond motifs is 6. The predicted molar refractivity (Wildman–Crippen MR) is 451 cm³/mol. The summed E-state index contributed by atoms with van der Waals surface area (Å²) in [5.41, 5.74) is 24.1. The van der Waals surface area contributed by atoms with Crippen LogP contribution in [0.1, 0.15) is 28.1 Å². The average Bonchev–Trinajstić information content (AvgIpc) is 1.61. The van der Waals surface area contributed by atoms with Gasteiger partial charge in [0.15, 0.2) is 34.8 Å². The first-order valence-corrected chi connectivity index (χ1v) is 37.0. The molecule has 0 N–H and O–H groups in total. The lowest BCUT2D eigenvalue weighted by molar-refractivity contribution is 0.932. The third-order valence-electron chi connectivity index (χ3n) is 21.0. The number of benzene rings is 15. The molecule has 0 saturated carbocycles. The van der Waals surface area contributed by atoms with Gasteiger partial charge in [0, 0.05) is 66.9 Å². The molecule has 19 rings (SSSR count). The Morgan fingerprint density at radius 1 is 0.265 bits per heavy atom. The van der Waals surface area contributed by atoms with E-state index < -0.39 is 0 Å². The molecule has 0 aliphatic rings. The second-order valence-electron chi connectivity index (χ2n) is 27.8. The molecular weight excluding hydrogens is 1380 g/mol. The largest absolute Gasteiger partial charge is 0.309 e. The molecule has 0 aliphatic carbocycles. The third kappa shape index (κ3) is 12.7. The highest BCUT2D eigenvalue weighted by Crippen LogP contribution is 2.48. The van der Waals surface area contributed by atoms with Crippen molar-refractivity contribution in [3.63, 3.8) is 0 Å². The average molecular weight is 1440 g/mol. The van der Waals surface area contributed by atoms with Crippen LogP contribution in [0.4, 0.5) is 5.69 Å². The monoisotopic (exact) mass is 1440 g/mol. The molecule has 12 heteroatoms. The van der Waals surface area contributed by atoms with Gasteiger partial charge in [-0.25, -0.2) is 34.7 Å². The molecule has 0 spiro atoms. The lowest BCUT2D eigenvalue weighted by Gasteiger charge is -2.21. The van der Waals surface area contributed by atoms with E-state index in [1.54, 1.807) is 0 Å². The highest BCUT2D eigenvalue weighted by molar-refractivity contribution is 6.14. The first-order valence-electron chi connectivity index (χ1n) is 37.0. The van der Waals surface area contributed by atoms with Crippen molar-refractivity contribution in [2.24, 2.45) is 0 Å². The van der Waals surface area contributed by atoms with Crippen LogP contribution in [-0.2, 0) is 6.42 Å². The molecule has 0 aliphatic heterocycles. The summed E-state index contributed by atoms with van der Waals surface area (Å²) in [6.07, 6.45) is 0.447. The Morgan fingerprint density at radius 3 is 0.929 bits per heavy atom. The Balaban J connectivity index is 0.905. The fourth-order valence-electron chi connectivity index (χ4n) is 15.5. The standard InChI is InChI=1S/C101H60N12/c1-105-81-49-43-71(44-50-81)78-48-54-91-87(60-78)86-59-77(70-41-35-67(63-104)36-42-70)45-51-88(86)112(91)92-29-15-27-82(100-107-94(55-64-17-6-2-7-18-64)106-97(109-100)72-19-8-3-9-20-72)95(92)79-25-14-26-80(56-79)96-83(101-110-98(73-21-10-4-11-22-73)108-99(111-101)74-23-12-5-13-24-74)28-16-30-93(96)113-89-52-46-75(68-37-31-65(61-102)32-38-68)57-84(89)85-58-76(47-53-90(85)113)69-39-33-66(62-103)34-40-69/h2-54,56-60H,55H2. The minimum absolute atomic E-state index is 0.447. The molecule has 12 nitrogen and oxygen atoms in total. The van der Waals surface area contributed by atoms with Crippen molar-refractivity contribution in [3.8, 4) is 153 Å². The Kier molecular flexibility index (Phi) is 17.2. The smallest absolute Gasteiger partial charge is 0.187 e. The number of rotatable bonds is 15. The third-order valence-corrected chi connectivity index (χ3v) is 21.0. The first kappa shape index (κ1) is 67.5. The van der Waals surface area contributed by atoms with Crippen LogP contribution in [0.2, 0.25) is 0 Å². The quantitative estimate of drug-likeness (QED) is 0.0909. The maximum atomic E-state index is 9.90. The molecule has 4 heterocycles. The molecule has 0 radical (unpaired) electrons. The van der Waals surface area contributed by atoms with Gasteiger partial charge in [-0.1, -0.05) is 249 Å². The molecule has 15 aromatic carbocycles. The molecule has 524 valence electrons. The molecular formula is C101H60N12. The Morgan fingerprint density at radius 2 is 0.566 bits per heavy atom. The van der Waals surface area contributed by atoms with Crippen molar-refractivity contribution < 1.29 is 0 Å². The van der Waals surface area contributed by atoms with Crippen LogP contribution in [0.5, 0.6) is 0 Å². The van der Waals surface area contributed by atoms with Crippen molar-refractivity contribution in [1.29, 1.82) is 15.8 Å². The highest BCUT2D eigenvalue weighted by Gasteiger charge is 2.27. The predicted octanol–water partition coefficient (Wildman–Crippen LogP) is 24.3. The number of nitrogens with zero attached hydrogens (tertiary/aromatic N) is 12. The fraction of sp³-hybridized carbons (Fsp3) is 0.00990. The molecule has 0 atom stereocenters. The summed E-state index contributed by atoms with van der Waals surface area (Å²) in [5, 5.41) is 33.7. The van der Waals surface area contributed by atoms with Crippen LogP contribution >= 0.6 is 0 Å². The lowest BCUT2D eigenvalue weighted by Crippen LogP contribution is -2.06. The zero-order valence-corrected chi connectivity index (χ0v) is 60.6. The minimum Gasteiger partial charge on any atom is -0.309 e. The van der Waals surface area contributed by atoms with Crippen LogP contribution < -0.4 is 0 Å². The van der Waals surface area contributed by atoms with E-state index in [4.69, 9.17) is 36.5 Å². The summed E-state index contributed by atoms with van der Waals surface area (Å²) in [5.74, 6) is 3.12. The summed E-state index contributed by atoms with van der Waals surface area (Å²) in [6, 6.07) is 126. The topological polar surface area (TPSA) is 163 Å².